The molecule has 4 heteroatoms. The maximum absolute atomic E-state index is 3.64. The van der Waals surface area contributed by atoms with Crippen LogP contribution in [0.3, 0.4) is 0 Å². The molecular formula is C8H6Br2Se2. The summed E-state index contributed by atoms with van der Waals surface area (Å²) in [6.45, 7) is 4.46. The molecule has 2 aromatic heterocycles. The van der Waals surface area contributed by atoms with Gasteiger partial charge in [-0.25, -0.2) is 0 Å². The van der Waals surface area contributed by atoms with E-state index in [0.717, 1.165) is 0 Å². The van der Waals surface area contributed by atoms with E-state index in [0.29, 0.717) is 29.0 Å². The maximum atomic E-state index is 3.64. The Hall–Kier alpha value is 1.22. The fourth-order valence-corrected chi connectivity index (χ4v) is 9.25. The second-order valence-corrected chi connectivity index (χ2v) is 10.9. The van der Waals surface area contributed by atoms with E-state index in [2.05, 4.69) is 45.7 Å². The molecule has 0 aliphatic heterocycles. The molecule has 2 heterocycles. The van der Waals surface area contributed by atoms with Gasteiger partial charge >= 0.3 is 101 Å². The molecule has 0 radical (unpaired) electrons. The SMILES string of the molecule is Cc1c(Br)[se]c2c(C)c(Br)[se]c12. The third-order valence-electron chi connectivity index (χ3n) is 1.86. The molecule has 0 saturated heterocycles. The van der Waals surface area contributed by atoms with Crippen molar-refractivity contribution in [1.29, 1.82) is 0 Å². The van der Waals surface area contributed by atoms with Gasteiger partial charge in [0.15, 0.2) is 0 Å². The van der Waals surface area contributed by atoms with Crippen LogP contribution in [0, 0.1) is 13.8 Å². The van der Waals surface area contributed by atoms with Gasteiger partial charge in [-0.1, -0.05) is 0 Å². The van der Waals surface area contributed by atoms with Gasteiger partial charge in [0, 0.05) is 0 Å². The van der Waals surface area contributed by atoms with Crippen LogP contribution in [0.4, 0.5) is 0 Å². The first kappa shape index (κ1) is 9.76. The van der Waals surface area contributed by atoms with Crippen LogP contribution in [0.2, 0.25) is 0 Å². The number of hydrogen-bond donors (Lipinski definition) is 0. The minimum atomic E-state index is 0.556. The summed E-state index contributed by atoms with van der Waals surface area (Å²) in [5.41, 5.74) is 3.00. The first-order valence-electron chi connectivity index (χ1n) is 3.44. The van der Waals surface area contributed by atoms with Gasteiger partial charge in [0.1, 0.15) is 0 Å². The fraction of sp³-hybridized carbons (Fsp3) is 0.250. The third kappa shape index (κ3) is 1.37. The molecule has 0 amide bonds. The van der Waals surface area contributed by atoms with Crippen molar-refractivity contribution in [3.63, 3.8) is 0 Å². The summed E-state index contributed by atoms with van der Waals surface area (Å²) in [6, 6.07) is 0. The van der Waals surface area contributed by atoms with Gasteiger partial charge in [0.05, 0.1) is 0 Å². The van der Waals surface area contributed by atoms with Gasteiger partial charge in [0.25, 0.3) is 0 Å². The summed E-state index contributed by atoms with van der Waals surface area (Å²) in [7, 11) is 0. The van der Waals surface area contributed by atoms with Gasteiger partial charge < -0.3 is 0 Å². The number of rotatable bonds is 0. The summed E-state index contributed by atoms with van der Waals surface area (Å²) >= 11 is 8.40. The van der Waals surface area contributed by atoms with Gasteiger partial charge in [-0.05, 0) is 0 Å². The van der Waals surface area contributed by atoms with Crippen LogP contribution in [0.25, 0.3) is 8.52 Å². The topological polar surface area (TPSA) is 0 Å². The second kappa shape index (κ2) is 3.42. The molecule has 12 heavy (non-hydrogen) atoms. The molecule has 0 spiro atoms. The molecule has 0 aromatic carbocycles. The van der Waals surface area contributed by atoms with E-state index >= 15 is 0 Å². The van der Waals surface area contributed by atoms with Crippen LogP contribution in [0.15, 0.2) is 6.69 Å². The molecule has 2 rings (SSSR count). The van der Waals surface area contributed by atoms with E-state index in [1.807, 2.05) is 0 Å². The van der Waals surface area contributed by atoms with Gasteiger partial charge in [-0.2, -0.15) is 0 Å². The van der Waals surface area contributed by atoms with Crippen molar-refractivity contribution in [3.8, 4) is 0 Å². The molecule has 0 aliphatic carbocycles. The molecule has 0 unspecified atom stereocenters. The standard InChI is InChI=1S/C8H6Br2Se2/c1-3-5-6(12-7(3)9)4(2)8(10)11-5/h1-2H3. The monoisotopic (exact) mass is 420 g/mol. The Morgan fingerprint density at radius 3 is 1.50 bits per heavy atom. The molecule has 0 fully saturated rings. The van der Waals surface area contributed by atoms with E-state index in [9.17, 15) is 0 Å². The number of halogens is 2. The summed E-state index contributed by atoms with van der Waals surface area (Å²) in [5.74, 6) is 0. The molecule has 2 aromatic rings. The quantitative estimate of drug-likeness (QED) is 0.576. The van der Waals surface area contributed by atoms with E-state index < -0.39 is 0 Å². The van der Waals surface area contributed by atoms with Crippen molar-refractivity contribution in [1.82, 2.24) is 0 Å². The summed E-state index contributed by atoms with van der Waals surface area (Å²) in [5, 5.41) is 0. The molecule has 0 aliphatic rings. The van der Waals surface area contributed by atoms with Crippen LogP contribution >= 0.6 is 31.9 Å². The van der Waals surface area contributed by atoms with E-state index in [1.54, 1.807) is 8.52 Å². The zero-order valence-corrected chi connectivity index (χ0v) is 13.2. The summed E-state index contributed by atoms with van der Waals surface area (Å²) in [6.07, 6.45) is 0. The zero-order valence-electron chi connectivity index (χ0n) is 6.57. The van der Waals surface area contributed by atoms with Crippen molar-refractivity contribution < 1.29 is 0 Å². The van der Waals surface area contributed by atoms with Gasteiger partial charge in [-0.15, -0.1) is 0 Å². The second-order valence-electron chi connectivity index (χ2n) is 2.66. The molecule has 0 N–H and O–H groups in total. The van der Waals surface area contributed by atoms with Crippen molar-refractivity contribution >= 4 is 69.4 Å². The van der Waals surface area contributed by atoms with E-state index in [-0.39, 0.29) is 0 Å². The predicted octanol–water partition coefficient (Wildman–Crippen LogP) is 3.10. The first-order valence-corrected chi connectivity index (χ1v) is 8.46. The first-order chi connectivity index (χ1) is 5.61. The Morgan fingerprint density at radius 1 is 0.833 bits per heavy atom. The molecule has 0 atom stereocenters. The number of aryl methyl sites for hydroxylation is 2. The Morgan fingerprint density at radius 2 is 1.17 bits per heavy atom. The normalized spacial score (nSPS) is 11.3. The number of fused-ring (bicyclic) bond motifs is 1. The van der Waals surface area contributed by atoms with Gasteiger partial charge in [-0.3, -0.25) is 0 Å². The van der Waals surface area contributed by atoms with Gasteiger partial charge in [0.2, 0.25) is 0 Å². The van der Waals surface area contributed by atoms with E-state index in [4.69, 9.17) is 0 Å². The average molecular weight is 420 g/mol. The Labute approximate surface area is 100 Å². The Balaban J connectivity index is 2.93. The Bertz CT molecular complexity index is 397. The third-order valence-corrected chi connectivity index (χ3v) is 10.4. The fourth-order valence-electron chi connectivity index (χ4n) is 1.10. The summed E-state index contributed by atoms with van der Waals surface area (Å²) in [4.78, 5) is 0. The molecule has 0 nitrogen and oxygen atoms in total. The van der Waals surface area contributed by atoms with Crippen LogP contribution in [0.5, 0.6) is 0 Å². The van der Waals surface area contributed by atoms with Crippen molar-refractivity contribution in [2.24, 2.45) is 0 Å². The molecular weight excluding hydrogens is 414 g/mol. The van der Waals surface area contributed by atoms with Crippen LogP contribution in [-0.4, -0.2) is 29.0 Å². The Kier molecular flexibility index (Phi) is 2.78. The predicted molar refractivity (Wildman–Crippen MR) is 62.7 cm³/mol. The number of hydrogen-bond acceptors (Lipinski definition) is 0. The van der Waals surface area contributed by atoms with Crippen molar-refractivity contribution in [2.45, 2.75) is 13.8 Å². The minimum absolute atomic E-state index is 0.556. The summed E-state index contributed by atoms with van der Waals surface area (Å²) < 4.78 is 6.14. The molecule has 0 saturated carbocycles. The van der Waals surface area contributed by atoms with Crippen molar-refractivity contribution in [3.05, 3.63) is 17.8 Å². The van der Waals surface area contributed by atoms with Crippen LogP contribution in [-0.2, 0) is 0 Å². The zero-order chi connectivity index (χ0) is 8.88. The van der Waals surface area contributed by atoms with E-state index in [1.165, 1.54) is 17.8 Å². The average Bonchev–Trinajstić information content (AvgIpc) is 2.43. The van der Waals surface area contributed by atoms with Crippen molar-refractivity contribution in [2.75, 3.05) is 0 Å². The molecule has 64 valence electrons. The van der Waals surface area contributed by atoms with Crippen LogP contribution < -0.4 is 0 Å². The van der Waals surface area contributed by atoms with Crippen LogP contribution in [0.1, 0.15) is 11.1 Å². The molecule has 0 bridgehead atoms.